The Kier molecular flexibility index (Phi) is 5.71. The highest BCUT2D eigenvalue weighted by Gasteiger charge is 2.25. The number of carbonyl (C=O) groups is 2. The molecular weight excluding hydrogens is 324 g/mol. The summed E-state index contributed by atoms with van der Waals surface area (Å²) in [4.78, 5) is 23.6. The van der Waals surface area contributed by atoms with Crippen LogP contribution >= 0.6 is 15.9 Å². The molecule has 0 unspecified atom stereocenters. The molecule has 6 heteroatoms. The Labute approximate surface area is 127 Å². The number of amides is 1. The van der Waals surface area contributed by atoms with Crippen molar-refractivity contribution >= 4 is 33.5 Å². The number of nitrogens with one attached hydrogen (secondary N) is 2. The van der Waals surface area contributed by atoms with E-state index in [2.05, 4.69) is 26.6 Å². The highest BCUT2D eigenvalue weighted by molar-refractivity contribution is 9.10. The number of carbonyl (C=O) groups excluding carboxylic acids is 2. The van der Waals surface area contributed by atoms with Crippen molar-refractivity contribution in [3.05, 3.63) is 28.2 Å². The number of rotatable bonds is 5. The monoisotopic (exact) mass is 342 g/mol. The topological polar surface area (TPSA) is 67.4 Å². The summed E-state index contributed by atoms with van der Waals surface area (Å²) in [6.45, 7) is 5.64. The molecule has 5 nitrogen and oxygen atoms in total. The van der Waals surface area contributed by atoms with Gasteiger partial charge in [-0.15, -0.1) is 0 Å². The van der Waals surface area contributed by atoms with Crippen LogP contribution in [0.5, 0.6) is 0 Å². The highest BCUT2D eigenvalue weighted by Crippen LogP contribution is 2.25. The number of ether oxygens (including phenoxy) is 1. The van der Waals surface area contributed by atoms with Gasteiger partial charge in [-0.2, -0.15) is 0 Å². The summed E-state index contributed by atoms with van der Waals surface area (Å²) >= 11 is 3.34. The standard InChI is InChI=1S/C14H19BrN2O3/c1-5-20-12(18)9-6-7-11(10(15)8-9)17-13(19)14(2,3)16-4/h6-8,16H,5H2,1-4H3,(H,17,19). The van der Waals surface area contributed by atoms with Crippen molar-refractivity contribution < 1.29 is 14.3 Å². The molecule has 110 valence electrons. The lowest BCUT2D eigenvalue weighted by Crippen LogP contribution is -2.47. The van der Waals surface area contributed by atoms with E-state index in [0.717, 1.165) is 0 Å². The van der Waals surface area contributed by atoms with Crippen LogP contribution in [0.3, 0.4) is 0 Å². The Morgan fingerprint density at radius 1 is 1.35 bits per heavy atom. The number of benzene rings is 1. The maximum atomic E-state index is 12.1. The van der Waals surface area contributed by atoms with Gasteiger partial charge in [0.1, 0.15) is 0 Å². The molecule has 0 spiro atoms. The molecule has 1 aromatic carbocycles. The second-order valence-corrected chi connectivity index (χ2v) is 5.60. The maximum Gasteiger partial charge on any atom is 0.338 e. The number of esters is 1. The van der Waals surface area contributed by atoms with Crippen molar-refractivity contribution in [2.24, 2.45) is 0 Å². The number of anilines is 1. The molecule has 0 saturated carbocycles. The lowest BCUT2D eigenvalue weighted by Gasteiger charge is -2.23. The van der Waals surface area contributed by atoms with Gasteiger partial charge < -0.3 is 15.4 Å². The van der Waals surface area contributed by atoms with Crippen molar-refractivity contribution in [1.29, 1.82) is 0 Å². The van der Waals surface area contributed by atoms with Crippen LogP contribution in [-0.2, 0) is 9.53 Å². The van der Waals surface area contributed by atoms with Crippen LogP contribution < -0.4 is 10.6 Å². The van der Waals surface area contributed by atoms with Gasteiger partial charge in [0.25, 0.3) is 0 Å². The van der Waals surface area contributed by atoms with E-state index in [1.807, 2.05) is 0 Å². The molecule has 20 heavy (non-hydrogen) atoms. The normalized spacial score (nSPS) is 11.1. The Morgan fingerprint density at radius 3 is 2.50 bits per heavy atom. The largest absolute Gasteiger partial charge is 0.462 e. The van der Waals surface area contributed by atoms with Crippen LogP contribution in [0.4, 0.5) is 5.69 Å². The van der Waals surface area contributed by atoms with E-state index in [1.165, 1.54) is 0 Å². The Bertz CT molecular complexity index is 515. The first-order chi connectivity index (χ1) is 9.31. The lowest BCUT2D eigenvalue weighted by atomic mass is 10.0. The van der Waals surface area contributed by atoms with Gasteiger partial charge in [0.2, 0.25) is 5.91 Å². The molecule has 0 aliphatic carbocycles. The minimum Gasteiger partial charge on any atom is -0.462 e. The van der Waals surface area contributed by atoms with E-state index in [-0.39, 0.29) is 11.9 Å². The van der Waals surface area contributed by atoms with Crippen molar-refractivity contribution in [2.75, 3.05) is 19.0 Å². The van der Waals surface area contributed by atoms with E-state index in [1.54, 1.807) is 46.0 Å². The summed E-state index contributed by atoms with van der Waals surface area (Å²) in [6.07, 6.45) is 0. The third-order valence-corrected chi connectivity index (χ3v) is 3.58. The van der Waals surface area contributed by atoms with Crippen molar-refractivity contribution in [2.45, 2.75) is 26.3 Å². The van der Waals surface area contributed by atoms with E-state index < -0.39 is 5.54 Å². The molecule has 0 aromatic heterocycles. The van der Waals surface area contributed by atoms with Gasteiger partial charge >= 0.3 is 5.97 Å². The average molecular weight is 343 g/mol. The second kappa shape index (κ2) is 6.85. The van der Waals surface area contributed by atoms with Crippen LogP contribution in [0.2, 0.25) is 0 Å². The van der Waals surface area contributed by atoms with Crippen LogP contribution in [0.25, 0.3) is 0 Å². The molecular formula is C14H19BrN2O3. The third kappa shape index (κ3) is 4.05. The molecule has 0 aliphatic rings. The second-order valence-electron chi connectivity index (χ2n) is 4.74. The fraction of sp³-hybridized carbons (Fsp3) is 0.429. The van der Waals surface area contributed by atoms with Gasteiger partial charge in [0, 0.05) is 4.47 Å². The molecule has 0 heterocycles. The number of likely N-dealkylation sites (N-methyl/N-ethyl adjacent to an activating group) is 1. The predicted molar refractivity (Wildman–Crippen MR) is 81.9 cm³/mol. The summed E-state index contributed by atoms with van der Waals surface area (Å²) in [7, 11) is 1.72. The summed E-state index contributed by atoms with van der Waals surface area (Å²) in [5.74, 6) is -0.550. The summed E-state index contributed by atoms with van der Waals surface area (Å²) in [5, 5.41) is 5.72. The molecule has 1 rings (SSSR count). The molecule has 2 N–H and O–H groups in total. The molecule has 0 fully saturated rings. The average Bonchev–Trinajstić information content (AvgIpc) is 2.41. The molecule has 0 saturated heterocycles. The summed E-state index contributed by atoms with van der Waals surface area (Å²) in [5.41, 5.74) is 0.357. The lowest BCUT2D eigenvalue weighted by molar-refractivity contribution is -0.121. The molecule has 0 bridgehead atoms. The van der Waals surface area contributed by atoms with Crippen molar-refractivity contribution in [1.82, 2.24) is 5.32 Å². The van der Waals surface area contributed by atoms with Gasteiger partial charge in [-0.3, -0.25) is 4.79 Å². The van der Waals surface area contributed by atoms with Crippen LogP contribution in [0, 0.1) is 0 Å². The zero-order valence-electron chi connectivity index (χ0n) is 12.0. The molecule has 1 aromatic rings. The zero-order valence-corrected chi connectivity index (χ0v) is 13.6. The predicted octanol–water partition coefficient (Wildman–Crippen LogP) is 2.56. The van der Waals surface area contributed by atoms with Crippen LogP contribution in [-0.4, -0.2) is 31.1 Å². The molecule has 0 aliphatic heterocycles. The first-order valence-electron chi connectivity index (χ1n) is 6.29. The van der Waals surface area contributed by atoms with Gasteiger partial charge in [-0.05, 0) is 61.9 Å². The first-order valence-corrected chi connectivity index (χ1v) is 7.08. The fourth-order valence-corrected chi connectivity index (χ4v) is 1.83. The zero-order chi connectivity index (χ0) is 15.3. The Morgan fingerprint density at radius 2 is 2.00 bits per heavy atom. The van der Waals surface area contributed by atoms with Gasteiger partial charge in [0.05, 0.1) is 23.4 Å². The number of hydrogen-bond donors (Lipinski definition) is 2. The highest BCUT2D eigenvalue weighted by atomic mass is 79.9. The van der Waals surface area contributed by atoms with Gasteiger partial charge in [0.15, 0.2) is 0 Å². The minimum atomic E-state index is -0.681. The minimum absolute atomic E-state index is 0.162. The van der Waals surface area contributed by atoms with Crippen molar-refractivity contribution in [3.8, 4) is 0 Å². The van der Waals surface area contributed by atoms with E-state index in [9.17, 15) is 9.59 Å². The van der Waals surface area contributed by atoms with Crippen LogP contribution in [0.1, 0.15) is 31.1 Å². The summed E-state index contributed by atoms with van der Waals surface area (Å²) < 4.78 is 5.55. The molecule has 0 radical (unpaired) electrons. The number of hydrogen-bond acceptors (Lipinski definition) is 4. The van der Waals surface area contributed by atoms with Gasteiger partial charge in [-0.1, -0.05) is 0 Å². The molecule has 0 atom stereocenters. The maximum absolute atomic E-state index is 12.1. The third-order valence-electron chi connectivity index (χ3n) is 2.92. The van der Waals surface area contributed by atoms with E-state index in [0.29, 0.717) is 22.3 Å². The van der Waals surface area contributed by atoms with Crippen molar-refractivity contribution in [3.63, 3.8) is 0 Å². The quantitative estimate of drug-likeness (QED) is 0.807. The van der Waals surface area contributed by atoms with E-state index in [4.69, 9.17) is 4.74 Å². The van der Waals surface area contributed by atoms with E-state index >= 15 is 0 Å². The Hall–Kier alpha value is -1.40. The Balaban J connectivity index is 2.89. The molecule has 1 amide bonds. The fourth-order valence-electron chi connectivity index (χ4n) is 1.35. The smallest absolute Gasteiger partial charge is 0.338 e. The van der Waals surface area contributed by atoms with Gasteiger partial charge in [-0.25, -0.2) is 4.79 Å². The first kappa shape index (κ1) is 16.7. The summed E-state index contributed by atoms with van der Waals surface area (Å²) in [6, 6.07) is 4.91. The SMILES string of the molecule is CCOC(=O)c1ccc(NC(=O)C(C)(C)NC)c(Br)c1. The van der Waals surface area contributed by atoms with Crippen LogP contribution in [0.15, 0.2) is 22.7 Å². The number of halogens is 1.